The number of hydrogen-bond donors (Lipinski definition) is 1. The van der Waals surface area contributed by atoms with Crippen molar-refractivity contribution in [3.8, 4) is 11.3 Å². The zero-order valence-corrected chi connectivity index (χ0v) is 14.4. The molecule has 1 N–H and O–H groups in total. The molecule has 4 rings (SSSR count). The molecule has 1 amide bonds. The summed E-state index contributed by atoms with van der Waals surface area (Å²) in [7, 11) is 0. The average molecular weight is 360 g/mol. The van der Waals surface area contributed by atoms with Crippen LogP contribution in [0.2, 0.25) is 5.02 Å². The fraction of sp³-hybridized carbons (Fsp3) is 0. The molecule has 0 bridgehead atoms. The number of carbonyl (C=O) groups is 1. The van der Waals surface area contributed by atoms with E-state index < -0.39 is 0 Å². The molecule has 0 fully saturated rings. The van der Waals surface area contributed by atoms with Crippen molar-refractivity contribution in [1.29, 1.82) is 0 Å². The molecular formula is C21H14ClN3O. The molecule has 0 spiro atoms. The van der Waals surface area contributed by atoms with E-state index in [0.717, 1.165) is 16.5 Å². The van der Waals surface area contributed by atoms with Gasteiger partial charge in [-0.05, 0) is 36.4 Å². The van der Waals surface area contributed by atoms with Gasteiger partial charge in [-0.3, -0.25) is 9.78 Å². The van der Waals surface area contributed by atoms with Crippen LogP contribution < -0.4 is 5.32 Å². The summed E-state index contributed by atoms with van der Waals surface area (Å²) in [6.45, 7) is 0. The molecule has 2 aromatic heterocycles. The van der Waals surface area contributed by atoms with Crippen molar-refractivity contribution in [3.63, 3.8) is 0 Å². The molecule has 0 saturated heterocycles. The lowest BCUT2D eigenvalue weighted by atomic mass is 10.0. The van der Waals surface area contributed by atoms with Crippen LogP contribution in [0.4, 0.5) is 5.69 Å². The number of para-hydroxylation sites is 1. The lowest BCUT2D eigenvalue weighted by Gasteiger charge is -2.11. The molecule has 0 unspecified atom stereocenters. The normalized spacial score (nSPS) is 10.7. The molecule has 0 aliphatic heterocycles. The maximum atomic E-state index is 12.9. The summed E-state index contributed by atoms with van der Waals surface area (Å²) in [6, 6.07) is 20.3. The quantitative estimate of drug-likeness (QED) is 0.546. The van der Waals surface area contributed by atoms with E-state index in [4.69, 9.17) is 11.6 Å². The van der Waals surface area contributed by atoms with E-state index in [1.54, 1.807) is 30.6 Å². The molecule has 0 aliphatic carbocycles. The van der Waals surface area contributed by atoms with Gasteiger partial charge in [0, 0.05) is 34.1 Å². The van der Waals surface area contributed by atoms with Crippen molar-refractivity contribution >= 4 is 34.1 Å². The van der Waals surface area contributed by atoms with Crippen molar-refractivity contribution in [3.05, 3.63) is 89.7 Å². The predicted molar refractivity (Wildman–Crippen MR) is 104 cm³/mol. The van der Waals surface area contributed by atoms with Crippen LogP contribution in [-0.4, -0.2) is 15.9 Å². The molecule has 0 saturated carbocycles. The topological polar surface area (TPSA) is 54.9 Å². The number of carbonyl (C=O) groups excluding carboxylic acids is 1. The number of halogens is 1. The minimum absolute atomic E-state index is 0.196. The van der Waals surface area contributed by atoms with Crippen molar-refractivity contribution in [1.82, 2.24) is 9.97 Å². The smallest absolute Gasteiger partial charge is 0.256 e. The Morgan fingerprint density at radius 1 is 0.923 bits per heavy atom. The third kappa shape index (κ3) is 3.27. The number of nitrogens with zero attached hydrogens (tertiary/aromatic N) is 2. The van der Waals surface area contributed by atoms with Crippen molar-refractivity contribution < 1.29 is 4.79 Å². The van der Waals surface area contributed by atoms with Crippen LogP contribution in [-0.2, 0) is 0 Å². The molecule has 26 heavy (non-hydrogen) atoms. The highest BCUT2D eigenvalue weighted by molar-refractivity contribution is 6.30. The number of hydrogen-bond acceptors (Lipinski definition) is 3. The third-order valence-electron chi connectivity index (χ3n) is 4.02. The third-order valence-corrected chi connectivity index (χ3v) is 4.25. The Bertz CT molecular complexity index is 1100. The van der Waals surface area contributed by atoms with Crippen LogP contribution >= 0.6 is 11.6 Å². The summed E-state index contributed by atoms with van der Waals surface area (Å²) < 4.78 is 0. The van der Waals surface area contributed by atoms with E-state index in [2.05, 4.69) is 15.3 Å². The summed E-state index contributed by atoms with van der Waals surface area (Å²) in [6.07, 6.45) is 3.27. The number of aromatic nitrogens is 2. The van der Waals surface area contributed by atoms with Crippen LogP contribution in [0.15, 0.2) is 79.1 Å². The summed E-state index contributed by atoms with van der Waals surface area (Å²) in [5.41, 5.74) is 3.56. The Kier molecular flexibility index (Phi) is 4.33. The Labute approximate surface area is 155 Å². The van der Waals surface area contributed by atoms with Gasteiger partial charge in [0.1, 0.15) is 0 Å². The number of anilines is 1. The van der Waals surface area contributed by atoms with Crippen molar-refractivity contribution in [2.45, 2.75) is 0 Å². The Morgan fingerprint density at radius 3 is 2.54 bits per heavy atom. The molecule has 0 aliphatic rings. The first kappa shape index (κ1) is 16.2. The highest BCUT2D eigenvalue weighted by atomic mass is 35.5. The standard InChI is InChI=1S/C21H14ClN3O/c22-15-5-3-4-14(12-15)20-13-18(17-6-1-2-7-19(17)25-20)21(26)24-16-8-10-23-11-9-16/h1-13H,(H,23,24,26). The van der Waals surface area contributed by atoms with E-state index in [-0.39, 0.29) is 5.91 Å². The minimum Gasteiger partial charge on any atom is -0.322 e. The van der Waals surface area contributed by atoms with Gasteiger partial charge in [-0.15, -0.1) is 0 Å². The second-order valence-corrected chi connectivity index (χ2v) is 6.21. The molecule has 0 atom stereocenters. The van der Waals surface area contributed by atoms with Gasteiger partial charge in [0.05, 0.1) is 16.8 Å². The zero-order chi connectivity index (χ0) is 17.9. The first-order valence-electron chi connectivity index (χ1n) is 8.08. The van der Waals surface area contributed by atoms with Gasteiger partial charge >= 0.3 is 0 Å². The molecule has 2 heterocycles. The fourth-order valence-electron chi connectivity index (χ4n) is 2.79. The number of benzene rings is 2. The average Bonchev–Trinajstić information content (AvgIpc) is 2.68. The Morgan fingerprint density at radius 2 is 1.73 bits per heavy atom. The van der Waals surface area contributed by atoms with E-state index in [9.17, 15) is 4.79 Å². The van der Waals surface area contributed by atoms with Crippen LogP contribution in [0.25, 0.3) is 22.2 Å². The van der Waals surface area contributed by atoms with Gasteiger partial charge < -0.3 is 5.32 Å². The Hall–Kier alpha value is -3.24. The lowest BCUT2D eigenvalue weighted by Crippen LogP contribution is -2.13. The predicted octanol–water partition coefficient (Wildman–Crippen LogP) is 5.20. The van der Waals surface area contributed by atoms with Gasteiger partial charge in [0.2, 0.25) is 0 Å². The molecule has 126 valence electrons. The number of amides is 1. The maximum Gasteiger partial charge on any atom is 0.256 e. The molecule has 4 aromatic rings. The van der Waals surface area contributed by atoms with Crippen LogP contribution in [0.3, 0.4) is 0 Å². The highest BCUT2D eigenvalue weighted by Gasteiger charge is 2.14. The molecule has 0 radical (unpaired) electrons. The first-order valence-corrected chi connectivity index (χ1v) is 8.45. The van der Waals surface area contributed by atoms with Gasteiger partial charge in [-0.1, -0.05) is 41.9 Å². The highest BCUT2D eigenvalue weighted by Crippen LogP contribution is 2.27. The summed E-state index contributed by atoms with van der Waals surface area (Å²) in [4.78, 5) is 21.5. The number of nitrogens with one attached hydrogen (secondary N) is 1. The summed E-state index contributed by atoms with van der Waals surface area (Å²) in [5.74, 6) is -0.196. The minimum atomic E-state index is -0.196. The largest absolute Gasteiger partial charge is 0.322 e. The van der Waals surface area contributed by atoms with E-state index in [0.29, 0.717) is 22.0 Å². The number of rotatable bonds is 3. The molecule has 4 nitrogen and oxygen atoms in total. The number of fused-ring (bicyclic) bond motifs is 1. The van der Waals surface area contributed by atoms with Crippen LogP contribution in [0, 0.1) is 0 Å². The molecule has 2 aromatic carbocycles. The van der Waals surface area contributed by atoms with Gasteiger partial charge in [-0.2, -0.15) is 0 Å². The SMILES string of the molecule is O=C(Nc1ccncc1)c1cc(-c2cccc(Cl)c2)nc2ccccc12. The second kappa shape index (κ2) is 6.94. The fourth-order valence-corrected chi connectivity index (χ4v) is 2.98. The maximum absolute atomic E-state index is 12.9. The van der Waals surface area contributed by atoms with Crippen molar-refractivity contribution in [2.75, 3.05) is 5.32 Å². The van der Waals surface area contributed by atoms with Gasteiger partial charge in [-0.25, -0.2) is 4.98 Å². The van der Waals surface area contributed by atoms with Gasteiger partial charge in [0.15, 0.2) is 0 Å². The van der Waals surface area contributed by atoms with Crippen LogP contribution in [0.5, 0.6) is 0 Å². The first-order chi connectivity index (χ1) is 12.7. The van der Waals surface area contributed by atoms with E-state index >= 15 is 0 Å². The Balaban J connectivity index is 1.83. The molecular weight excluding hydrogens is 346 g/mol. The zero-order valence-electron chi connectivity index (χ0n) is 13.7. The monoisotopic (exact) mass is 359 g/mol. The summed E-state index contributed by atoms with van der Waals surface area (Å²) in [5, 5.41) is 4.33. The van der Waals surface area contributed by atoms with E-state index in [1.807, 2.05) is 48.5 Å². The van der Waals surface area contributed by atoms with Crippen molar-refractivity contribution in [2.24, 2.45) is 0 Å². The van der Waals surface area contributed by atoms with Gasteiger partial charge in [0.25, 0.3) is 5.91 Å². The van der Waals surface area contributed by atoms with Crippen LogP contribution in [0.1, 0.15) is 10.4 Å². The lowest BCUT2D eigenvalue weighted by molar-refractivity contribution is 0.102. The number of pyridine rings is 2. The summed E-state index contributed by atoms with van der Waals surface area (Å²) >= 11 is 6.11. The van der Waals surface area contributed by atoms with E-state index in [1.165, 1.54) is 0 Å². The molecule has 5 heteroatoms. The second-order valence-electron chi connectivity index (χ2n) is 5.77.